The quantitative estimate of drug-likeness (QED) is 0.163. The molecule has 2 aromatic heterocycles. The smallest absolute Gasteiger partial charge is 0.164 e. The van der Waals surface area contributed by atoms with Gasteiger partial charge in [0.1, 0.15) is 0 Å². The lowest BCUT2D eigenvalue weighted by Crippen LogP contribution is -2.14. The topological polar surface area (TPSA) is 64.5 Å². The van der Waals surface area contributed by atoms with Crippen LogP contribution in [0.3, 0.4) is 0 Å². The third-order valence-corrected chi connectivity index (χ3v) is 11.0. The van der Waals surface area contributed by atoms with Crippen molar-refractivity contribution < 1.29 is 0 Å². The maximum atomic E-state index is 5.24. The van der Waals surface area contributed by atoms with E-state index in [0.29, 0.717) is 23.3 Å². The Morgan fingerprint density at radius 1 is 0.298 bits per heavy atom. The molecule has 0 atom stereocenters. The Balaban J connectivity index is 1.08. The number of fused-ring (bicyclic) bond motifs is 3. The lowest BCUT2D eigenvalue weighted by molar-refractivity contribution is 0.660. The summed E-state index contributed by atoms with van der Waals surface area (Å²) >= 11 is 0. The zero-order chi connectivity index (χ0) is 38.3. The molecular formula is C52H37N5. The fraction of sp³-hybridized carbons (Fsp3) is 0.0577. The lowest BCUT2D eigenvalue weighted by Gasteiger charge is -2.21. The highest BCUT2D eigenvalue weighted by Gasteiger charge is 2.37. The SMILES string of the molecule is CC1(C)c2ccccc2-c2c(-c3nc(-c4ccccc4)nc(-c4cccc(-c5cccc(-c6cc(-c7ccccc7)nc(-c7ccccc7)n6)c5)c4)n3)cccc21. The van der Waals surface area contributed by atoms with Gasteiger partial charge in [0.2, 0.25) is 0 Å². The first-order valence-corrected chi connectivity index (χ1v) is 19.3. The molecule has 5 nitrogen and oxygen atoms in total. The molecule has 5 heteroatoms. The summed E-state index contributed by atoms with van der Waals surface area (Å²) in [5, 5.41) is 0. The zero-order valence-corrected chi connectivity index (χ0v) is 31.6. The minimum atomic E-state index is -0.138. The van der Waals surface area contributed by atoms with Crippen LogP contribution in [0.25, 0.3) is 90.3 Å². The van der Waals surface area contributed by atoms with Crippen LogP contribution in [0, 0.1) is 0 Å². The Labute approximate surface area is 332 Å². The van der Waals surface area contributed by atoms with Crippen LogP contribution in [-0.2, 0) is 5.41 Å². The van der Waals surface area contributed by atoms with Crippen molar-refractivity contribution in [3.05, 3.63) is 199 Å². The van der Waals surface area contributed by atoms with Crippen LogP contribution >= 0.6 is 0 Å². The van der Waals surface area contributed by atoms with Crippen molar-refractivity contribution in [1.29, 1.82) is 0 Å². The van der Waals surface area contributed by atoms with Crippen LogP contribution in [-0.4, -0.2) is 24.9 Å². The van der Waals surface area contributed by atoms with Gasteiger partial charge in [0.15, 0.2) is 23.3 Å². The van der Waals surface area contributed by atoms with E-state index in [9.17, 15) is 0 Å². The van der Waals surface area contributed by atoms with Gasteiger partial charge in [0.25, 0.3) is 0 Å². The van der Waals surface area contributed by atoms with Crippen LogP contribution < -0.4 is 0 Å². The molecule has 0 saturated carbocycles. The molecular weight excluding hydrogens is 695 g/mol. The number of nitrogens with zero attached hydrogens (tertiary/aromatic N) is 5. The number of rotatable bonds is 7. The maximum absolute atomic E-state index is 5.24. The maximum Gasteiger partial charge on any atom is 0.164 e. The standard InChI is InChI=1S/C52H37N5/c1-52(2)43-29-13-12-27-41(43)47-42(28-16-30-44(47)52)51-56-49(36-21-10-5-11-22-36)55-50(57-51)40-26-15-24-38(32-40)37-23-14-25-39(31-37)46-33-45(34-17-6-3-7-18-34)53-48(54-46)35-19-8-4-9-20-35/h3-33H,1-2H3. The van der Waals surface area contributed by atoms with Crippen molar-refractivity contribution >= 4 is 0 Å². The molecule has 270 valence electrons. The van der Waals surface area contributed by atoms with E-state index in [2.05, 4.69) is 147 Å². The second-order valence-electron chi connectivity index (χ2n) is 14.9. The molecule has 57 heavy (non-hydrogen) atoms. The summed E-state index contributed by atoms with van der Waals surface area (Å²) < 4.78 is 0. The fourth-order valence-corrected chi connectivity index (χ4v) is 8.05. The Bertz CT molecular complexity index is 2860. The first kappa shape index (κ1) is 34.1. The van der Waals surface area contributed by atoms with Gasteiger partial charge in [-0.3, -0.25) is 0 Å². The highest BCUT2D eigenvalue weighted by atomic mass is 15.0. The molecule has 0 amide bonds. The molecule has 10 rings (SSSR count). The molecule has 9 aromatic rings. The van der Waals surface area contributed by atoms with E-state index < -0.39 is 0 Å². The molecule has 0 radical (unpaired) electrons. The van der Waals surface area contributed by atoms with Crippen molar-refractivity contribution in [2.24, 2.45) is 0 Å². The summed E-state index contributed by atoms with van der Waals surface area (Å²) in [6.07, 6.45) is 0. The Hall–Kier alpha value is -7.37. The van der Waals surface area contributed by atoms with Crippen molar-refractivity contribution in [3.63, 3.8) is 0 Å². The molecule has 0 fully saturated rings. The van der Waals surface area contributed by atoms with Gasteiger partial charge in [0.05, 0.1) is 11.4 Å². The molecule has 7 aromatic carbocycles. The zero-order valence-electron chi connectivity index (χ0n) is 31.6. The van der Waals surface area contributed by atoms with E-state index in [1.54, 1.807) is 0 Å². The molecule has 2 heterocycles. The van der Waals surface area contributed by atoms with E-state index in [-0.39, 0.29) is 5.41 Å². The first-order chi connectivity index (χ1) is 28.0. The molecule has 0 spiro atoms. The van der Waals surface area contributed by atoms with Crippen LogP contribution in [0.1, 0.15) is 25.0 Å². The molecule has 0 aliphatic heterocycles. The third kappa shape index (κ3) is 6.29. The van der Waals surface area contributed by atoms with Crippen molar-refractivity contribution in [1.82, 2.24) is 24.9 Å². The monoisotopic (exact) mass is 731 g/mol. The summed E-state index contributed by atoms with van der Waals surface area (Å²) in [5.41, 5.74) is 14.6. The molecule has 0 N–H and O–H groups in total. The second-order valence-corrected chi connectivity index (χ2v) is 14.9. The van der Waals surface area contributed by atoms with E-state index in [1.165, 1.54) is 22.3 Å². The number of benzene rings is 7. The van der Waals surface area contributed by atoms with Gasteiger partial charge in [-0.05, 0) is 51.6 Å². The molecule has 0 bridgehead atoms. The van der Waals surface area contributed by atoms with E-state index in [0.717, 1.165) is 55.9 Å². The number of hydrogen-bond acceptors (Lipinski definition) is 5. The average molecular weight is 732 g/mol. The van der Waals surface area contributed by atoms with Gasteiger partial charge in [-0.1, -0.05) is 184 Å². The Kier molecular flexibility index (Phi) is 8.41. The summed E-state index contributed by atoms with van der Waals surface area (Å²) in [6, 6.07) is 64.9. The number of aromatic nitrogens is 5. The van der Waals surface area contributed by atoms with E-state index >= 15 is 0 Å². The van der Waals surface area contributed by atoms with Gasteiger partial charge in [-0.15, -0.1) is 0 Å². The normalized spacial score (nSPS) is 12.5. The van der Waals surface area contributed by atoms with E-state index in [1.807, 2.05) is 54.6 Å². The summed E-state index contributed by atoms with van der Waals surface area (Å²) in [7, 11) is 0. The number of hydrogen-bond donors (Lipinski definition) is 0. The molecule has 0 saturated heterocycles. The van der Waals surface area contributed by atoms with E-state index in [4.69, 9.17) is 24.9 Å². The van der Waals surface area contributed by atoms with Crippen LogP contribution in [0.2, 0.25) is 0 Å². The van der Waals surface area contributed by atoms with Crippen molar-refractivity contribution in [3.8, 4) is 90.3 Å². The molecule has 1 aliphatic rings. The Morgan fingerprint density at radius 3 is 1.39 bits per heavy atom. The largest absolute Gasteiger partial charge is 0.228 e. The Morgan fingerprint density at radius 2 is 0.719 bits per heavy atom. The summed E-state index contributed by atoms with van der Waals surface area (Å²) in [4.78, 5) is 25.6. The van der Waals surface area contributed by atoms with Crippen LogP contribution in [0.4, 0.5) is 0 Å². The molecule has 1 aliphatic carbocycles. The first-order valence-electron chi connectivity index (χ1n) is 19.3. The highest BCUT2D eigenvalue weighted by Crippen LogP contribution is 2.51. The van der Waals surface area contributed by atoms with Gasteiger partial charge >= 0.3 is 0 Å². The third-order valence-electron chi connectivity index (χ3n) is 11.0. The highest BCUT2D eigenvalue weighted by molar-refractivity contribution is 5.91. The summed E-state index contributed by atoms with van der Waals surface area (Å²) in [6.45, 7) is 4.59. The van der Waals surface area contributed by atoms with Crippen molar-refractivity contribution in [2.75, 3.05) is 0 Å². The van der Waals surface area contributed by atoms with Gasteiger partial charge in [-0.25, -0.2) is 24.9 Å². The molecule has 0 unspecified atom stereocenters. The van der Waals surface area contributed by atoms with Crippen LogP contribution in [0.15, 0.2) is 188 Å². The summed E-state index contributed by atoms with van der Waals surface area (Å²) in [5.74, 6) is 2.60. The van der Waals surface area contributed by atoms with Gasteiger partial charge < -0.3 is 0 Å². The van der Waals surface area contributed by atoms with Gasteiger partial charge in [-0.2, -0.15) is 0 Å². The lowest BCUT2D eigenvalue weighted by atomic mass is 9.82. The average Bonchev–Trinajstić information content (AvgIpc) is 3.53. The van der Waals surface area contributed by atoms with Crippen LogP contribution in [0.5, 0.6) is 0 Å². The fourth-order valence-electron chi connectivity index (χ4n) is 8.05. The van der Waals surface area contributed by atoms with Crippen molar-refractivity contribution in [2.45, 2.75) is 19.3 Å². The predicted molar refractivity (Wildman–Crippen MR) is 231 cm³/mol. The van der Waals surface area contributed by atoms with Gasteiger partial charge in [0, 0.05) is 38.8 Å². The predicted octanol–water partition coefficient (Wildman–Crippen LogP) is 12.6. The minimum Gasteiger partial charge on any atom is -0.228 e. The minimum absolute atomic E-state index is 0.138. The second kappa shape index (κ2) is 14.0.